The number of aromatic amines is 1. The number of nitrogens with one attached hydrogen (secondary N) is 1. The van der Waals surface area contributed by atoms with Crippen LogP contribution in [-0.2, 0) is 0 Å². The Labute approximate surface area is 119 Å². The molecule has 1 N–H and O–H groups in total. The van der Waals surface area contributed by atoms with E-state index in [1.165, 1.54) is 12.1 Å². The van der Waals surface area contributed by atoms with E-state index in [0.29, 0.717) is 22.8 Å². The van der Waals surface area contributed by atoms with Gasteiger partial charge in [0, 0.05) is 29.7 Å². The fourth-order valence-electron chi connectivity index (χ4n) is 2.40. The number of carbonyl (C=O) groups is 1. The van der Waals surface area contributed by atoms with Crippen molar-refractivity contribution in [2.45, 2.75) is 25.1 Å². The van der Waals surface area contributed by atoms with E-state index in [1.54, 1.807) is 4.90 Å². The zero-order valence-corrected chi connectivity index (χ0v) is 12.1. The molecule has 2 unspecified atom stereocenters. The van der Waals surface area contributed by atoms with Crippen molar-refractivity contribution in [3.05, 3.63) is 23.5 Å². The summed E-state index contributed by atoms with van der Waals surface area (Å²) in [6, 6.07) is 2.81. The Bertz CT molecular complexity index is 659. The Hall–Kier alpha value is -1.63. The van der Waals surface area contributed by atoms with Crippen LogP contribution >= 0.6 is 11.8 Å². The molecule has 2 atom stereocenters. The van der Waals surface area contributed by atoms with Crippen molar-refractivity contribution >= 4 is 28.7 Å². The van der Waals surface area contributed by atoms with Crippen LogP contribution < -0.4 is 0 Å². The molecule has 1 fully saturated rings. The minimum atomic E-state index is -0.547. The number of hydrogen-bond donors (Lipinski definition) is 1. The number of nitrogens with zero attached hydrogens (tertiary/aromatic N) is 3. The van der Waals surface area contributed by atoms with E-state index in [4.69, 9.17) is 0 Å². The predicted molar refractivity (Wildman–Crippen MR) is 76.3 cm³/mol. The van der Waals surface area contributed by atoms with E-state index in [2.05, 4.69) is 22.3 Å². The van der Waals surface area contributed by atoms with E-state index < -0.39 is 5.82 Å². The van der Waals surface area contributed by atoms with Gasteiger partial charge in [0.05, 0.1) is 5.56 Å². The molecule has 1 amide bonds. The maximum atomic E-state index is 14.1. The van der Waals surface area contributed by atoms with E-state index >= 15 is 0 Å². The van der Waals surface area contributed by atoms with Gasteiger partial charge < -0.3 is 4.90 Å². The summed E-state index contributed by atoms with van der Waals surface area (Å²) in [5.74, 6) is 0.0620. The Morgan fingerprint density at radius 3 is 2.85 bits per heavy atom. The zero-order chi connectivity index (χ0) is 14.3. The maximum absolute atomic E-state index is 14.1. The van der Waals surface area contributed by atoms with Gasteiger partial charge >= 0.3 is 0 Å². The van der Waals surface area contributed by atoms with E-state index in [-0.39, 0.29) is 17.5 Å². The largest absolute Gasteiger partial charge is 0.334 e. The zero-order valence-electron chi connectivity index (χ0n) is 11.3. The molecule has 1 aliphatic heterocycles. The summed E-state index contributed by atoms with van der Waals surface area (Å²) in [4.78, 5) is 14.3. The third-order valence-corrected chi connectivity index (χ3v) is 5.12. The molecule has 2 heterocycles. The van der Waals surface area contributed by atoms with Crippen LogP contribution in [0.3, 0.4) is 0 Å². The van der Waals surface area contributed by atoms with Crippen molar-refractivity contribution in [3.8, 4) is 0 Å². The fraction of sp³-hybridized carbons (Fsp3) is 0.462. The van der Waals surface area contributed by atoms with Crippen LogP contribution in [0.15, 0.2) is 12.1 Å². The molecule has 1 saturated heterocycles. The Morgan fingerprint density at radius 2 is 2.10 bits per heavy atom. The van der Waals surface area contributed by atoms with Crippen LogP contribution in [-0.4, -0.2) is 49.8 Å². The third kappa shape index (κ3) is 2.15. The Morgan fingerprint density at radius 1 is 1.40 bits per heavy atom. The van der Waals surface area contributed by atoms with Crippen LogP contribution in [0.5, 0.6) is 0 Å². The number of rotatable bonds is 1. The highest BCUT2D eigenvalue weighted by atomic mass is 32.2. The lowest BCUT2D eigenvalue weighted by atomic mass is 10.1. The second-order valence-corrected chi connectivity index (χ2v) is 6.44. The molecular weight excluding hydrogens is 279 g/mol. The van der Waals surface area contributed by atoms with Crippen molar-refractivity contribution in [3.63, 3.8) is 0 Å². The van der Waals surface area contributed by atoms with Crippen LogP contribution in [0, 0.1) is 5.82 Å². The molecule has 3 rings (SSSR count). The van der Waals surface area contributed by atoms with Gasteiger partial charge in [-0.2, -0.15) is 27.2 Å². The summed E-state index contributed by atoms with van der Waals surface area (Å²) in [5, 5.41) is 10.5. The molecule has 7 heteroatoms. The van der Waals surface area contributed by atoms with Crippen molar-refractivity contribution in [2.75, 3.05) is 12.3 Å². The Kier molecular flexibility index (Phi) is 3.37. The molecule has 2 aromatic rings. The second kappa shape index (κ2) is 5.05. The van der Waals surface area contributed by atoms with Crippen LogP contribution in [0.4, 0.5) is 4.39 Å². The maximum Gasteiger partial charge on any atom is 0.257 e. The van der Waals surface area contributed by atoms with Gasteiger partial charge in [-0.25, -0.2) is 4.39 Å². The summed E-state index contributed by atoms with van der Waals surface area (Å²) in [5.41, 5.74) is 0.994. The SMILES string of the molecule is CC1SCCN(C(=O)c2cc3n[nH]nc3cc2F)C1C. The Balaban J connectivity index is 1.97. The number of benzene rings is 1. The van der Waals surface area contributed by atoms with Crippen LogP contribution in [0.2, 0.25) is 0 Å². The third-order valence-electron chi connectivity index (χ3n) is 3.78. The number of carbonyl (C=O) groups excluding carboxylic acids is 1. The van der Waals surface area contributed by atoms with Crippen LogP contribution in [0.1, 0.15) is 24.2 Å². The highest BCUT2D eigenvalue weighted by Crippen LogP contribution is 2.26. The van der Waals surface area contributed by atoms with E-state index in [0.717, 1.165) is 5.75 Å². The number of amides is 1. The summed E-state index contributed by atoms with van der Waals surface area (Å²) in [6.45, 7) is 4.73. The van der Waals surface area contributed by atoms with Crippen LogP contribution in [0.25, 0.3) is 11.0 Å². The molecule has 0 aliphatic carbocycles. The van der Waals surface area contributed by atoms with Gasteiger partial charge in [0.1, 0.15) is 16.9 Å². The molecule has 0 saturated carbocycles. The number of fused-ring (bicyclic) bond motifs is 1. The lowest BCUT2D eigenvalue weighted by Crippen LogP contribution is -2.48. The molecule has 1 aromatic heterocycles. The van der Waals surface area contributed by atoms with E-state index in [1.807, 2.05) is 18.7 Å². The molecule has 0 bridgehead atoms. The van der Waals surface area contributed by atoms with Crippen molar-refractivity contribution < 1.29 is 9.18 Å². The highest BCUT2D eigenvalue weighted by Gasteiger charge is 2.31. The van der Waals surface area contributed by atoms with Gasteiger partial charge in [0.25, 0.3) is 5.91 Å². The first-order valence-corrected chi connectivity index (χ1v) is 7.55. The molecule has 0 spiro atoms. The smallest absolute Gasteiger partial charge is 0.257 e. The molecule has 1 aliphatic rings. The molecular formula is C13H15FN4OS. The first-order chi connectivity index (χ1) is 9.58. The molecule has 5 nitrogen and oxygen atoms in total. The minimum absolute atomic E-state index is 0.0670. The molecule has 0 radical (unpaired) electrons. The summed E-state index contributed by atoms with van der Waals surface area (Å²) >= 11 is 1.84. The topological polar surface area (TPSA) is 61.9 Å². The number of aromatic nitrogens is 3. The van der Waals surface area contributed by atoms with Crippen molar-refractivity contribution in [1.29, 1.82) is 0 Å². The average molecular weight is 294 g/mol. The second-order valence-electron chi connectivity index (χ2n) is 4.96. The van der Waals surface area contributed by atoms with Gasteiger partial charge in [-0.3, -0.25) is 4.79 Å². The lowest BCUT2D eigenvalue weighted by Gasteiger charge is -2.37. The van der Waals surface area contributed by atoms with Gasteiger partial charge in [0.15, 0.2) is 0 Å². The summed E-state index contributed by atoms with van der Waals surface area (Å²) in [6.07, 6.45) is 0. The minimum Gasteiger partial charge on any atom is -0.334 e. The number of hydrogen-bond acceptors (Lipinski definition) is 4. The highest BCUT2D eigenvalue weighted by molar-refractivity contribution is 8.00. The standard InChI is InChI=1S/C13H15FN4OS/c1-7-8(2)20-4-3-18(7)13(19)9-5-11-12(6-10(9)14)16-17-15-11/h5-8H,3-4H2,1-2H3,(H,15,16,17). The lowest BCUT2D eigenvalue weighted by molar-refractivity contribution is 0.0693. The van der Waals surface area contributed by atoms with Gasteiger partial charge in [0.2, 0.25) is 0 Å². The van der Waals surface area contributed by atoms with E-state index in [9.17, 15) is 9.18 Å². The molecule has 106 valence electrons. The number of halogens is 1. The summed E-state index contributed by atoms with van der Waals surface area (Å²) < 4.78 is 14.1. The monoisotopic (exact) mass is 294 g/mol. The van der Waals surface area contributed by atoms with Gasteiger partial charge in [-0.05, 0) is 13.0 Å². The summed E-state index contributed by atoms with van der Waals surface area (Å²) in [7, 11) is 0. The number of thioether (sulfide) groups is 1. The number of H-pyrrole nitrogens is 1. The molecule has 20 heavy (non-hydrogen) atoms. The molecule has 1 aromatic carbocycles. The first-order valence-electron chi connectivity index (χ1n) is 6.50. The van der Waals surface area contributed by atoms with Crippen molar-refractivity contribution in [2.24, 2.45) is 0 Å². The average Bonchev–Trinajstić information content (AvgIpc) is 2.87. The van der Waals surface area contributed by atoms with Gasteiger partial charge in [-0.15, -0.1) is 0 Å². The first kappa shape index (κ1) is 13.4. The quantitative estimate of drug-likeness (QED) is 0.874. The normalized spacial score (nSPS) is 23.2. The van der Waals surface area contributed by atoms with Gasteiger partial charge in [-0.1, -0.05) is 6.92 Å². The fourth-order valence-corrected chi connectivity index (χ4v) is 3.50. The van der Waals surface area contributed by atoms with Crippen molar-refractivity contribution in [1.82, 2.24) is 20.3 Å². The predicted octanol–water partition coefficient (Wildman–Crippen LogP) is 2.06.